The van der Waals surface area contributed by atoms with Gasteiger partial charge in [-0.25, -0.2) is 4.98 Å². The normalized spacial score (nSPS) is 11.1. The third-order valence-electron chi connectivity index (χ3n) is 3.20. The van der Waals surface area contributed by atoms with E-state index in [1.807, 2.05) is 18.2 Å². The minimum absolute atomic E-state index is 0.702. The first-order chi connectivity index (χ1) is 9.72. The van der Waals surface area contributed by atoms with Gasteiger partial charge in [0.15, 0.2) is 5.58 Å². The molecule has 102 valence electrons. The summed E-state index contributed by atoms with van der Waals surface area (Å²) in [5, 5.41) is 0. The van der Waals surface area contributed by atoms with Crippen molar-refractivity contribution in [3.8, 4) is 0 Å². The van der Waals surface area contributed by atoms with Crippen molar-refractivity contribution in [1.29, 1.82) is 0 Å². The Kier molecular flexibility index (Phi) is 3.65. The Morgan fingerprint density at radius 3 is 2.85 bits per heavy atom. The molecule has 3 nitrogen and oxygen atoms in total. The lowest BCUT2D eigenvalue weighted by Crippen LogP contribution is -1.86. The number of hydrogen-bond donors (Lipinski definition) is 1. The number of nitrogens with zero attached hydrogens (tertiary/aromatic N) is 1. The number of aromatic nitrogens is 1. The van der Waals surface area contributed by atoms with Gasteiger partial charge >= 0.3 is 0 Å². The van der Waals surface area contributed by atoms with Crippen molar-refractivity contribution in [2.45, 2.75) is 18.4 Å². The largest absolute Gasteiger partial charge is 0.440 e. The maximum Gasteiger partial charge on any atom is 0.205 e. The molecule has 0 fully saturated rings. The Labute approximate surface area is 122 Å². The Hall–Kier alpha value is -1.94. The van der Waals surface area contributed by atoms with Crippen LogP contribution in [0.3, 0.4) is 0 Å². The van der Waals surface area contributed by atoms with Gasteiger partial charge in [0.1, 0.15) is 5.52 Å². The summed E-state index contributed by atoms with van der Waals surface area (Å²) in [6.45, 7) is 2.14. The molecule has 2 aromatic carbocycles. The molecule has 0 radical (unpaired) electrons. The second-order valence-corrected chi connectivity index (χ2v) is 5.74. The van der Waals surface area contributed by atoms with Gasteiger partial charge in [-0.2, -0.15) is 0 Å². The van der Waals surface area contributed by atoms with Crippen LogP contribution in [0.1, 0.15) is 17.0 Å². The van der Waals surface area contributed by atoms with Crippen LogP contribution >= 0.6 is 11.8 Å². The van der Waals surface area contributed by atoms with Crippen molar-refractivity contribution < 1.29 is 4.42 Å². The highest BCUT2D eigenvalue weighted by Gasteiger charge is 2.06. The summed E-state index contributed by atoms with van der Waals surface area (Å²) in [6.07, 6.45) is 0. The molecule has 0 aliphatic carbocycles. The van der Waals surface area contributed by atoms with Gasteiger partial charge < -0.3 is 10.2 Å². The Bertz CT molecular complexity index is 736. The zero-order chi connectivity index (χ0) is 13.9. The zero-order valence-corrected chi connectivity index (χ0v) is 12.1. The molecule has 1 heterocycles. The van der Waals surface area contributed by atoms with Gasteiger partial charge in [-0.1, -0.05) is 24.3 Å². The fourth-order valence-corrected chi connectivity index (χ4v) is 3.01. The van der Waals surface area contributed by atoms with Gasteiger partial charge in [-0.05, 0) is 30.2 Å². The third kappa shape index (κ3) is 2.80. The lowest BCUT2D eigenvalue weighted by atomic mass is 10.1. The van der Waals surface area contributed by atoms with Crippen LogP contribution in [0.25, 0.3) is 11.1 Å². The molecule has 0 aliphatic heterocycles. The number of anilines is 1. The van der Waals surface area contributed by atoms with Gasteiger partial charge in [0, 0.05) is 17.5 Å². The van der Waals surface area contributed by atoms with Crippen molar-refractivity contribution in [1.82, 2.24) is 4.98 Å². The smallest absolute Gasteiger partial charge is 0.205 e. The van der Waals surface area contributed by atoms with Crippen LogP contribution in [-0.4, -0.2) is 4.98 Å². The van der Waals surface area contributed by atoms with Gasteiger partial charge in [0.05, 0.1) is 5.75 Å². The second-order valence-electron chi connectivity index (χ2n) is 4.75. The van der Waals surface area contributed by atoms with E-state index in [0.29, 0.717) is 5.69 Å². The molecule has 0 unspecified atom stereocenters. The van der Waals surface area contributed by atoms with Crippen LogP contribution in [0.2, 0.25) is 0 Å². The molecule has 1 aromatic heterocycles. The van der Waals surface area contributed by atoms with Crippen molar-refractivity contribution in [2.24, 2.45) is 0 Å². The SMILES string of the molecule is Cc1ccccc1CSCc1nc2ccc(N)cc2o1. The summed E-state index contributed by atoms with van der Waals surface area (Å²) < 4.78 is 5.71. The molecular weight excluding hydrogens is 268 g/mol. The highest BCUT2D eigenvalue weighted by atomic mass is 32.2. The fourth-order valence-electron chi connectivity index (χ4n) is 2.07. The van der Waals surface area contributed by atoms with Gasteiger partial charge in [0.2, 0.25) is 5.89 Å². The van der Waals surface area contributed by atoms with Crippen molar-refractivity contribution in [3.05, 3.63) is 59.5 Å². The van der Waals surface area contributed by atoms with Crippen molar-refractivity contribution in [2.75, 3.05) is 5.73 Å². The summed E-state index contributed by atoms with van der Waals surface area (Å²) in [7, 11) is 0. The summed E-state index contributed by atoms with van der Waals surface area (Å²) in [5.41, 5.74) is 10.7. The minimum Gasteiger partial charge on any atom is -0.440 e. The molecule has 0 saturated heterocycles. The number of nitrogens with two attached hydrogens (primary N) is 1. The number of hydrogen-bond acceptors (Lipinski definition) is 4. The summed E-state index contributed by atoms with van der Waals surface area (Å²) >= 11 is 1.81. The molecule has 0 bridgehead atoms. The first-order valence-electron chi connectivity index (χ1n) is 6.49. The predicted octanol–water partition coefficient (Wildman–Crippen LogP) is 4.15. The molecule has 0 amide bonds. The molecule has 0 atom stereocenters. The fraction of sp³-hybridized carbons (Fsp3) is 0.188. The van der Waals surface area contributed by atoms with Gasteiger partial charge in [0.25, 0.3) is 0 Å². The van der Waals surface area contributed by atoms with E-state index in [1.54, 1.807) is 11.8 Å². The summed E-state index contributed by atoms with van der Waals surface area (Å²) in [6, 6.07) is 14.0. The van der Waals surface area contributed by atoms with E-state index in [2.05, 4.69) is 36.2 Å². The van der Waals surface area contributed by atoms with E-state index in [1.165, 1.54) is 11.1 Å². The molecule has 0 saturated carbocycles. The predicted molar refractivity (Wildman–Crippen MR) is 84.6 cm³/mol. The van der Waals surface area contributed by atoms with Crippen molar-refractivity contribution >= 4 is 28.5 Å². The highest BCUT2D eigenvalue weighted by Crippen LogP contribution is 2.23. The zero-order valence-electron chi connectivity index (χ0n) is 11.3. The van der Waals surface area contributed by atoms with Crippen LogP contribution in [0.15, 0.2) is 46.9 Å². The topological polar surface area (TPSA) is 52.0 Å². The number of aryl methyl sites for hydroxylation is 1. The van der Waals surface area contributed by atoms with Crippen LogP contribution < -0.4 is 5.73 Å². The van der Waals surface area contributed by atoms with Crippen molar-refractivity contribution in [3.63, 3.8) is 0 Å². The number of oxazole rings is 1. The number of thioether (sulfide) groups is 1. The molecule has 0 spiro atoms. The van der Waals surface area contributed by atoms with E-state index < -0.39 is 0 Å². The van der Waals surface area contributed by atoms with Gasteiger partial charge in [-0.15, -0.1) is 11.8 Å². The Balaban J connectivity index is 1.67. The van der Waals surface area contributed by atoms with Crippen LogP contribution in [0.4, 0.5) is 5.69 Å². The average Bonchev–Trinajstić information content (AvgIpc) is 2.83. The molecule has 3 rings (SSSR count). The van der Waals surface area contributed by atoms with E-state index in [4.69, 9.17) is 10.2 Å². The number of benzene rings is 2. The third-order valence-corrected chi connectivity index (χ3v) is 4.17. The Morgan fingerprint density at radius 1 is 1.15 bits per heavy atom. The molecule has 3 aromatic rings. The van der Waals surface area contributed by atoms with Gasteiger partial charge in [-0.3, -0.25) is 0 Å². The minimum atomic E-state index is 0.702. The molecule has 2 N–H and O–H groups in total. The lowest BCUT2D eigenvalue weighted by Gasteiger charge is -2.03. The second kappa shape index (κ2) is 5.59. The van der Waals surface area contributed by atoms with Crippen LogP contribution in [0.5, 0.6) is 0 Å². The quantitative estimate of drug-likeness (QED) is 0.731. The van der Waals surface area contributed by atoms with Crippen LogP contribution in [-0.2, 0) is 11.5 Å². The monoisotopic (exact) mass is 284 g/mol. The van der Waals surface area contributed by atoms with Crippen LogP contribution in [0, 0.1) is 6.92 Å². The maximum atomic E-state index is 5.73. The molecule has 4 heteroatoms. The number of nitrogen functional groups attached to an aromatic ring is 1. The summed E-state index contributed by atoms with van der Waals surface area (Å²) in [4.78, 5) is 4.46. The summed E-state index contributed by atoms with van der Waals surface area (Å²) in [5.74, 6) is 2.49. The van der Waals surface area contributed by atoms with E-state index in [-0.39, 0.29) is 0 Å². The van der Waals surface area contributed by atoms with E-state index >= 15 is 0 Å². The van der Waals surface area contributed by atoms with E-state index in [0.717, 1.165) is 28.5 Å². The number of fused-ring (bicyclic) bond motifs is 1. The molecule has 20 heavy (non-hydrogen) atoms. The standard InChI is InChI=1S/C16H16N2OS/c1-11-4-2-3-5-12(11)9-20-10-16-18-14-7-6-13(17)8-15(14)19-16/h2-8H,9-10,17H2,1H3. The molecule has 0 aliphatic rings. The highest BCUT2D eigenvalue weighted by molar-refractivity contribution is 7.97. The Morgan fingerprint density at radius 2 is 2.00 bits per heavy atom. The first kappa shape index (κ1) is 13.1. The molecular formula is C16H16N2OS. The average molecular weight is 284 g/mol. The first-order valence-corrected chi connectivity index (χ1v) is 7.65. The lowest BCUT2D eigenvalue weighted by molar-refractivity contribution is 0.556. The maximum absolute atomic E-state index is 5.73. The number of rotatable bonds is 4. The van der Waals surface area contributed by atoms with E-state index in [9.17, 15) is 0 Å².